The van der Waals surface area contributed by atoms with Gasteiger partial charge in [0.1, 0.15) is 11.4 Å². The molecule has 0 fully saturated rings. The van der Waals surface area contributed by atoms with Crippen molar-refractivity contribution < 1.29 is 23.0 Å². The Hall–Kier alpha value is -2.46. The van der Waals surface area contributed by atoms with E-state index in [0.29, 0.717) is 5.75 Å². The lowest BCUT2D eigenvalue weighted by Gasteiger charge is -2.26. The molecular formula is C17H14BrF3N4O2. The molecular weight excluding hydrogens is 429 g/mol. The molecule has 0 radical (unpaired) electrons. The zero-order chi connectivity index (χ0) is 19.7. The minimum absolute atomic E-state index is 0.218. The molecule has 3 rings (SSSR count). The topological polar surface area (TPSA) is 73.1 Å². The Morgan fingerprint density at radius 1 is 1.15 bits per heavy atom. The van der Waals surface area contributed by atoms with Crippen molar-refractivity contribution in [3.63, 3.8) is 0 Å². The van der Waals surface area contributed by atoms with Crippen LogP contribution in [0, 0.1) is 0 Å². The highest BCUT2D eigenvalue weighted by Crippen LogP contribution is 2.38. The van der Waals surface area contributed by atoms with Crippen LogP contribution in [-0.2, 0) is 18.3 Å². The fourth-order valence-corrected chi connectivity index (χ4v) is 2.75. The number of hydrogen-bond donors (Lipinski definition) is 1. The Morgan fingerprint density at radius 3 is 2.44 bits per heavy atom. The average molecular weight is 443 g/mol. The van der Waals surface area contributed by atoms with Gasteiger partial charge in [0.05, 0.1) is 12.7 Å². The first-order valence-electron chi connectivity index (χ1n) is 7.74. The van der Waals surface area contributed by atoms with Crippen LogP contribution in [0.15, 0.2) is 53.3 Å². The average Bonchev–Trinajstić information content (AvgIpc) is 3.08. The van der Waals surface area contributed by atoms with Gasteiger partial charge in [-0.05, 0) is 37.3 Å². The summed E-state index contributed by atoms with van der Waals surface area (Å²) in [6.45, 7) is 1.04. The number of ether oxygens (including phenoxy) is 1. The van der Waals surface area contributed by atoms with Gasteiger partial charge in [-0.1, -0.05) is 21.1 Å². The predicted molar refractivity (Wildman–Crippen MR) is 93.0 cm³/mol. The molecule has 6 nitrogen and oxygen atoms in total. The standard InChI is InChI=1S/C17H14BrF3N4O2/c1-16(26,10-25-9-8-22-24-25)13-6-7-14(23-15(13)17(19,20)21)27-12-4-2-11(18)3-5-12/h2-9,26H,10H2,1H3. The number of aliphatic hydroxyl groups is 1. The van der Waals surface area contributed by atoms with Gasteiger partial charge < -0.3 is 9.84 Å². The molecule has 0 aliphatic heterocycles. The van der Waals surface area contributed by atoms with Crippen molar-refractivity contribution in [1.29, 1.82) is 0 Å². The van der Waals surface area contributed by atoms with E-state index in [1.54, 1.807) is 24.3 Å². The minimum atomic E-state index is -4.78. The Balaban J connectivity index is 1.95. The van der Waals surface area contributed by atoms with Gasteiger partial charge in [-0.3, -0.25) is 0 Å². The molecule has 0 spiro atoms. The van der Waals surface area contributed by atoms with Crippen LogP contribution in [0.5, 0.6) is 11.6 Å². The highest BCUT2D eigenvalue weighted by molar-refractivity contribution is 9.10. The van der Waals surface area contributed by atoms with Crippen LogP contribution in [0.4, 0.5) is 13.2 Å². The molecule has 1 aromatic carbocycles. The number of hydrogen-bond acceptors (Lipinski definition) is 5. The summed E-state index contributed by atoms with van der Waals surface area (Å²) in [7, 11) is 0. The molecule has 0 saturated carbocycles. The van der Waals surface area contributed by atoms with Crippen LogP contribution in [0.3, 0.4) is 0 Å². The maximum atomic E-state index is 13.6. The molecule has 0 amide bonds. The summed E-state index contributed by atoms with van der Waals surface area (Å²) >= 11 is 3.26. The molecule has 1 atom stereocenters. The summed E-state index contributed by atoms with van der Waals surface area (Å²) in [6, 6.07) is 9.00. The van der Waals surface area contributed by atoms with Crippen molar-refractivity contribution in [2.45, 2.75) is 25.2 Å². The molecule has 0 bridgehead atoms. The molecule has 0 aliphatic rings. The van der Waals surface area contributed by atoms with Crippen LogP contribution in [0.2, 0.25) is 0 Å². The number of alkyl halides is 3. The summed E-state index contributed by atoms with van der Waals surface area (Å²) in [6.07, 6.45) is -1.96. The number of aromatic nitrogens is 4. The summed E-state index contributed by atoms with van der Waals surface area (Å²) in [5.41, 5.74) is -3.47. The van der Waals surface area contributed by atoms with E-state index >= 15 is 0 Å². The molecule has 2 heterocycles. The lowest BCUT2D eigenvalue weighted by atomic mass is 9.94. The van der Waals surface area contributed by atoms with Gasteiger partial charge in [-0.25, -0.2) is 9.67 Å². The molecule has 1 N–H and O–H groups in total. The van der Waals surface area contributed by atoms with Crippen LogP contribution < -0.4 is 4.74 Å². The maximum Gasteiger partial charge on any atom is 0.433 e. The van der Waals surface area contributed by atoms with Crippen molar-refractivity contribution in [3.05, 3.63) is 64.5 Å². The van der Waals surface area contributed by atoms with Crippen molar-refractivity contribution in [2.75, 3.05) is 0 Å². The van der Waals surface area contributed by atoms with Crippen LogP contribution >= 0.6 is 15.9 Å². The number of nitrogens with zero attached hydrogens (tertiary/aromatic N) is 4. The van der Waals surface area contributed by atoms with E-state index in [0.717, 1.165) is 10.5 Å². The van der Waals surface area contributed by atoms with Gasteiger partial charge in [-0.15, -0.1) is 5.10 Å². The number of halogens is 4. The summed E-state index contributed by atoms with van der Waals surface area (Å²) in [5.74, 6) is 0.103. The summed E-state index contributed by atoms with van der Waals surface area (Å²) in [4.78, 5) is 3.59. The van der Waals surface area contributed by atoms with Crippen molar-refractivity contribution >= 4 is 15.9 Å². The molecule has 3 aromatic rings. The Kier molecular flexibility index (Phi) is 5.20. The van der Waals surface area contributed by atoms with Crippen molar-refractivity contribution in [1.82, 2.24) is 20.0 Å². The van der Waals surface area contributed by atoms with E-state index in [2.05, 4.69) is 31.2 Å². The fourth-order valence-electron chi connectivity index (χ4n) is 2.49. The van der Waals surface area contributed by atoms with E-state index in [1.807, 2.05) is 0 Å². The molecule has 0 aliphatic carbocycles. The van der Waals surface area contributed by atoms with Gasteiger partial charge in [0, 0.05) is 22.3 Å². The van der Waals surface area contributed by atoms with Gasteiger partial charge in [0.15, 0.2) is 5.69 Å². The van der Waals surface area contributed by atoms with E-state index in [9.17, 15) is 18.3 Å². The number of rotatable bonds is 5. The Morgan fingerprint density at radius 2 is 1.85 bits per heavy atom. The molecule has 1 unspecified atom stereocenters. The third-order valence-corrected chi connectivity index (χ3v) is 4.22. The highest BCUT2D eigenvalue weighted by atomic mass is 79.9. The highest BCUT2D eigenvalue weighted by Gasteiger charge is 2.41. The zero-order valence-electron chi connectivity index (χ0n) is 14.0. The first-order valence-corrected chi connectivity index (χ1v) is 8.53. The summed E-state index contributed by atoms with van der Waals surface area (Å²) < 4.78 is 48.1. The lowest BCUT2D eigenvalue weighted by molar-refractivity contribution is -0.144. The van der Waals surface area contributed by atoms with Gasteiger partial charge >= 0.3 is 6.18 Å². The van der Waals surface area contributed by atoms with Crippen molar-refractivity contribution in [2.24, 2.45) is 0 Å². The second-order valence-corrected chi connectivity index (χ2v) is 6.89. The number of benzene rings is 1. The Labute approximate surface area is 160 Å². The van der Waals surface area contributed by atoms with E-state index in [4.69, 9.17) is 4.74 Å². The second kappa shape index (κ2) is 7.28. The summed E-state index contributed by atoms with van der Waals surface area (Å²) in [5, 5.41) is 17.9. The first-order chi connectivity index (χ1) is 12.6. The smallest absolute Gasteiger partial charge is 0.433 e. The number of pyridine rings is 1. The van der Waals surface area contributed by atoms with Gasteiger partial charge in [0.25, 0.3) is 0 Å². The van der Waals surface area contributed by atoms with Crippen LogP contribution in [0.1, 0.15) is 18.2 Å². The van der Waals surface area contributed by atoms with E-state index in [-0.39, 0.29) is 18.0 Å². The minimum Gasteiger partial charge on any atom is -0.439 e. The van der Waals surface area contributed by atoms with Gasteiger partial charge in [-0.2, -0.15) is 13.2 Å². The molecule has 10 heteroatoms. The largest absolute Gasteiger partial charge is 0.439 e. The van der Waals surface area contributed by atoms with Crippen molar-refractivity contribution in [3.8, 4) is 11.6 Å². The predicted octanol–water partition coefficient (Wildman–Crippen LogP) is 4.15. The van der Waals surface area contributed by atoms with Crippen LogP contribution in [0.25, 0.3) is 0 Å². The fraction of sp³-hybridized carbons (Fsp3) is 0.235. The molecule has 2 aromatic heterocycles. The van der Waals surface area contributed by atoms with E-state index < -0.39 is 17.5 Å². The SMILES string of the molecule is CC(O)(Cn1ccnn1)c1ccc(Oc2ccc(Br)cc2)nc1C(F)(F)F. The normalized spacial score (nSPS) is 14.0. The van der Waals surface area contributed by atoms with E-state index in [1.165, 1.54) is 30.1 Å². The lowest BCUT2D eigenvalue weighted by Crippen LogP contribution is -2.31. The third kappa shape index (κ3) is 4.64. The molecule has 0 saturated heterocycles. The Bertz CT molecular complexity index is 913. The third-order valence-electron chi connectivity index (χ3n) is 3.70. The zero-order valence-corrected chi connectivity index (χ0v) is 15.6. The second-order valence-electron chi connectivity index (χ2n) is 5.97. The van der Waals surface area contributed by atoms with Gasteiger partial charge in [0.2, 0.25) is 5.88 Å². The molecule has 142 valence electrons. The monoisotopic (exact) mass is 442 g/mol. The first kappa shape index (κ1) is 19.3. The quantitative estimate of drug-likeness (QED) is 0.642. The molecule has 27 heavy (non-hydrogen) atoms. The van der Waals surface area contributed by atoms with Crippen LogP contribution in [-0.4, -0.2) is 25.1 Å². The maximum absolute atomic E-state index is 13.6.